The Kier molecular flexibility index (Phi) is 8.67. The molecule has 0 atom stereocenters. The predicted octanol–water partition coefficient (Wildman–Crippen LogP) is 5.79. The largest absolute Gasteiger partial charge is 0.494 e. The monoisotopic (exact) mass is 541 g/mol. The number of nitrogens with one attached hydrogen (secondary N) is 1. The first-order chi connectivity index (χ1) is 19.1. The van der Waals surface area contributed by atoms with Gasteiger partial charge in [0.1, 0.15) is 11.5 Å². The molecular formula is C32H35N3O5. The molecule has 8 nitrogen and oxygen atoms in total. The molecule has 2 amide bonds. The van der Waals surface area contributed by atoms with Crippen LogP contribution in [0.1, 0.15) is 65.6 Å². The lowest BCUT2D eigenvalue weighted by Gasteiger charge is -2.18. The minimum Gasteiger partial charge on any atom is -0.494 e. The number of nitrogens with zero attached hydrogens (tertiary/aromatic N) is 2. The van der Waals surface area contributed by atoms with Crippen LogP contribution in [0.25, 0.3) is 27.4 Å². The predicted molar refractivity (Wildman–Crippen MR) is 158 cm³/mol. The van der Waals surface area contributed by atoms with Crippen LogP contribution in [0.15, 0.2) is 60.0 Å². The molecule has 208 valence electrons. The molecule has 0 bridgehead atoms. The number of imide groups is 1. The van der Waals surface area contributed by atoms with Crippen molar-refractivity contribution < 1.29 is 19.1 Å². The van der Waals surface area contributed by atoms with E-state index in [1.165, 1.54) is 0 Å². The van der Waals surface area contributed by atoms with Crippen molar-refractivity contribution in [2.75, 3.05) is 13.2 Å². The molecule has 4 aromatic rings. The van der Waals surface area contributed by atoms with Gasteiger partial charge in [0, 0.05) is 24.7 Å². The average Bonchev–Trinajstić information content (AvgIpc) is 3.23. The first kappa shape index (κ1) is 28.5. The van der Waals surface area contributed by atoms with Gasteiger partial charge in [-0.15, -0.1) is 0 Å². The van der Waals surface area contributed by atoms with Gasteiger partial charge >= 0.3 is 0 Å². The van der Waals surface area contributed by atoms with Crippen molar-refractivity contribution in [3.8, 4) is 5.75 Å². The summed E-state index contributed by atoms with van der Waals surface area (Å²) in [7, 11) is 1.79. The molecule has 5 rings (SSSR count). The van der Waals surface area contributed by atoms with Gasteiger partial charge in [-0.3, -0.25) is 24.7 Å². The van der Waals surface area contributed by atoms with E-state index in [-0.39, 0.29) is 17.4 Å². The maximum absolute atomic E-state index is 13.0. The number of carbonyl (C=O) groups is 2. The summed E-state index contributed by atoms with van der Waals surface area (Å²) in [5.41, 5.74) is 3.25. The van der Waals surface area contributed by atoms with Gasteiger partial charge in [0.2, 0.25) is 0 Å². The van der Waals surface area contributed by atoms with Crippen LogP contribution in [0.5, 0.6) is 5.75 Å². The summed E-state index contributed by atoms with van der Waals surface area (Å²) in [5.74, 6) is 1.30. The number of carbonyl (C=O) groups excluding carboxylic acids is 2. The first-order valence-corrected chi connectivity index (χ1v) is 13.5. The van der Waals surface area contributed by atoms with Crippen LogP contribution in [0, 0.1) is 12.8 Å². The molecule has 3 heterocycles. The summed E-state index contributed by atoms with van der Waals surface area (Å²) in [6.07, 6.45) is 3.81. The van der Waals surface area contributed by atoms with E-state index >= 15 is 0 Å². The summed E-state index contributed by atoms with van der Waals surface area (Å²) in [6.45, 7) is 13.4. The van der Waals surface area contributed by atoms with Crippen molar-refractivity contribution in [1.29, 1.82) is 0 Å². The summed E-state index contributed by atoms with van der Waals surface area (Å²) in [4.78, 5) is 39.2. The lowest BCUT2D eigenvalue weighted by atomic mass is 10.0. The maximum Gasteiger partial charge on any atom is 0.260 e. The number of aromatic nitrogens is 2. The molecule has 2 aromatic heterocycles. The number of amides is 2. The van der Waals surface area contributed by atoms with Crippen molar-refractivity contribution in [3.63, 3.8) is 0 Å². The van der Waals surface area contributed by atoms with E-state index in [1.54, 1.807) is 42.1 Å². The van der Waals surface area contributed by atoms with Gasteiger partial charge in [-0.05, 0) is 62.3 Å². The molecule has 0 radical (unpaired) electrons. The Bertz CT molecular complexity index is 1640. The number of ether oxygens (including phenoxy) is 2. The highest BCUT2D eigenvalue weighted by Crippen LogP contribution is 2.34. The lowest BCUT2D eigenvalue weighted by molar-refractivity contribution is 0.0879. The van der Waals surface area contributed by atoms with Crippen molar-refractivity contribution in [2.45, 2.75) is 40.5 Å². The second-order valence-electron chi connectivity index (χ2n) is 10.1. The van der Waals surface area contributed by atoms with E-state index in [0.29, 0.717) is 47.2 Å². The van der Waals surface area contributed by atoms with Crippen molar-refractivity contribution in [2.24, 2.45) is 13.0 Å². The van der Waals surface area contributed by atoms with Crippen LogP contribution >= 0.6 is 0 Å². The fourth-order valence-corrected chi connectivity index (χ4v) is 4.78. The Hall–Kier alpha value is -4.46. The number of benzene rings is 2. The molecule has 0 saturated carbocycles. The van der Waals surface area contributed by atoms with Gasteiger partial charge < -0.3 is 14.0 Å². The molecule has 1 N–H and O–H groups in total. The van der Waals surface area contributed by atoms with Gasteiger partial charge in [-0.2, -0.15) is 0 Å². The molecule has 0 fully saturated rings. The Morgan fingerprint density at radius 2 is 1.73 bits per heavy atom. The molecule has 0 unspecified atom stereocenters. The summed E-state index contributed by atoms with van der Waals surface area (Å²) in [6, 6.07) is 12.6. The number of rotatable bonds is 8. The van der Waals surface area contributed by atoms with Crippen LogP contribution in [0.3, 0.4) is 0 Å². The smallest absolute Gasteiger partial charge is 0.260 e. The quantitative estimate of drug-likeness (QED) is 0.131. The van der Waals surface area contributed by atoms with E-state index in [0.717, 1.165) is 40.4 Å². The highest BCUT2D eigenvalue weighted by molar-refractivity contribution is 6.21. The van der Waals surface area contributed by atoms with Crippen LogP contribution in [-0.4, -0.2) is 34.6 Å². The fraction of sp³-hybridized carbons (Fsp3) is 0.312. The van der Waals surface area contributed by atoms with E-state index in [4.69, 9.17) is 9.47 Å². The molecule has 0 aliphatic carbocycles. The molecule has 1 aliphatic heterocycles. The summed E-state index contributed by atoms with van der Waals surface area (Å²) >= 11 is 0. The van der Waals surface area contributed by atoms with E-state index in [2.05, 4.69) is 30.7 Å². The zero-order chi connectivity index (χ0) is 29.0. The zero-order valence-corrected chi connectivity index (χ0v) is 23.7. The molecule has 40 heavy (non-hydrogen) atoms. The van der Waals surface area contributed by atoms with Gasteiger partial charge in [0.15, 0.2) is 0 Å². The van der Waals surface area contributed by atoms with Crippen LogP contribution < -0.4 is 15.6 Å². The fourth-order valence-electron chi connectivity index (χ4n) is 4.78. The number of fused-ring (bicyclic) bond motifs is 4. The molecule has 1 aliphatic rings. The third kappa shape index (κ3) is 5.76. The Labute approximate surface area is 233 Å². The van der Waals surface area contributed by atoms with Gasteiger partial charge in [-0.1, -0.05) is 32.6 Å². The van der Waals surface area contributed by atoms with Gasteiger partial charge in [0.05, 0.1) is 46.5 Å². The normalized spacial score (nSPS) is 12.2. The number of hydrogen-bond acceptors (Lipinski definition) is 6. The third-order valence-corrected chi connectivity index (χ3v) is 6.85. The van der Waals surface area contributed by atoms with Crippen LogP contribution in [0.2, 0.25) is 0 Å². The lowest BCUT2D eigenvalue weighted by Crippen LogP contribution is -2.19. The minimum atomic E-state index is -0.300. The summed E-state index contributed by atoms with van der Waals surface area (Å²) in [5, 5.41) is 4.68. The average molecular weight is 542 g/mol. The van der Waals surface area contributed by atoms with Crippen LogP contribution in [0.4, 0.5) is 0 Å². The van der Waals surface area contributed by atoms with Gasteiger partial charge in [-0.25, -0.2) is 0 Å². The SMILES string of the molecule is C=C(OCC)c1cc2c3ccnc(C)c3c(=O)n(C)c2cc1OCCCC(C)C.O=C1NC(=O)c2ccccc21. The van der Waals surface area contributed by atoms with E-state index in [9.17, 15) is 14.4 Å². The second-order valence-corrected chi connectivity index (χ2v) is 10.1. The molecular weight excluding hydrogens is 506 g/mol. The highest BCUT2D eigenvalue weighted by atomic mass is 16.5. The molecule has 0 spiro atoms. The van der Waals surface area contributed by atoms with E-state index in [1.807, 2.05) is 32.0 Å². The van der Waals surface area contributed by atoms with Crippen molar-refractivity contribution in [3.05, 3.63) is 88.0 Å². The Balaban J connectivity index is 0.000000278. The van der Waals surface area contributed by atoms with Crippen molar-refractivity contribution >= 4 is 39.2 Å². The number of aryl methyl sites for hydroxylation is 2. The number of hydrogen-bond donors (Lipinski definition) is 1. The number of pyridine rings is 2. The molecule has 0 saturated heterocycles. The van der Waals surface area contributed by atoms with E-state index < -0.39 is 0 Å². The summed E-state index contributed by atoms with van der Waals surface area (Å²) < 4.78 is 13.5. The highest BCUT2D eigenvalue weighted by Gasteiger charge is 2.25. The van der Waals surface area contributed by atoms with Crippen molar-refractivity contribution in [1.82, 2.24) is 14.9 Å². The maximum atomic E-state index is 13.0. The molecule has 2 aromatic carbocycles. The van der Waals surface area contributed by atoms with Gasteiger partial charge in [0.25, 0.3) is 17.4 Å². The first-order valence-electron chi connectivity index (χ1n) is 13.5. The standard InChI is InChI=1S/C24H30N2O3.C8H5NO2/c1-7-28-17(5)19-13-20-18-10-11-25-16(4)23(18)24(27)26(6)21(20)14-22(19)29-12-8-9-15(2)3;10-7-5-3-1-2-4-6(5)8(11)9-7/h10-11,13-15H,5,7-9,12H2,1-4,6H3;1-4H,(H,9,10,11). The van der Waals surface area contributed by atoms with Crippen LogP contribution in [-0.2, 0) is 11.8 Å². The Morgan fingerprint density at radius 1 is 1.05 bits per heavy atom. The molecule has 8 heteroatoms. The third-order valence-electron chi connectivity index (χ3n) is 6.85. The zero-order valence-electron chi connectivity index (χ0n) is 23.7. The topological polar surface area (TPSA) is 99.5 Å². The minimum absolute atomic E-state index is 0.0553. The Morgan fingerprint density at radius 3 is 2.35 bits per heavy atom. The second kappa shape index (κ2) is 12.2.